The molecule has 1 aliphatic heterocycles. The van der Waals surface area contributed by atoms with Crippen LogP contribution in [-0.4, -0.2) is 43.6 Å². The molecular weight excluding hydrogens is 416 g/mol. The maximum absolute atomic E-state index is 13.2. The molecule has 1 heterocycles. The molecule has 0 spiro atoms. The van der Waals surface area contributed by atoms with Crippen molar-refractivity contribution in [2.75, 3.05) is 32.2 Å². The zero-order valence-corrected chi connectivity index (χ0v) is 18.8. The van der Waals surface area contributed by atoms with E-state index in [9.17, 15) is 9.59 Å². The van der Waals surface area contributed by atoms with Crippen molar-refractivity contribution in [3.05, 3.63) is 64.3 Å². The van der Waals surface area contributed by atoms with Gasteiger partial charge in [0, 0.05) is 31.0 Å². The van der Waals surface area contributed by atoms with Gasteiger partial charge in [-0.05, 0) is 61.2 Å². The molecule has 3 rings (SSSR count). The minimum absolute atomic E-state index is 0.259. The standard InChI is InChI=1S/C24H27ClN2O4/c1-4-13-31-19-9-6-17(7-10-19)21-22(26-20-11-8-18(25)15-16(20)2)24(29)27(23(21)28)12-5-14-30-3/h6-11,15,26H,4-5,12-14H2,1-3H3. The lowest BCUT2D eigenvalue weighted by atomic mass is 10.0. The number of nitrogens with zero attached hydrogens (tertiary/aromatic N) is 1. The van der Waals surface area contributed by atoms with Crippen LogP contribution in [0.1, 0.15) is 30.9 Å². The molecule has 2 amide bonds. The maximum atomic E-state index is 13.2. The van der Waals surface area contributed by atoms with E-state index in [4.69, 9.17) is 21.1 Å². The van der Waals surface area contributed by atoms with E-state index in [1.807, 2.05) is 32.0 Å². The van der Waals surface area contributed by atoms with Crippen LogP contribution in [-0.2, 0) is 14.3 Å². The van der Waals surface area contributed by atoms with Gasteiger partial charge in [-0.3, -0.25) is 14.5 Å². The summed E-state index contributed by atoms with van der Waals surface area (Å²) in [5.41, 5.74) is 2.86. The van der Waals surface area contributed by atoms with E-state index < -0.39 is 0 Å². The summed E-state index contributed by atoms with van der Waals surface area (Å²) in [6, 6.07) is 12.6. The minimum atomic E-state index is -0.350. The number of methoxy groups -OCH3 is 1. The molecule has 0 atom stereocenters. The molecule has 7 heteroatoms. The summed E-state index contributed by atoms with van der Waals surface area (Å²) < 4.78 is 10.7. The van der Waals surface area contributed by atoms with Crippen LogP contribution < -0.4 is 10.1 Å². The number of halogens is 1. The van der Waals surface area contributed by atoms with Gasteiger partial charge in [-0.15, -0.1) is 0 Å². The first kappa shape index (κ1) is 22.8. The molecule has 1 N–H and O–H groups in total. The number of aryl methyl sites for hydroxylation is 1. The summed E-state index contributed by atoms with van der Waals surface area (Å²) >= 11 is 6.06. The maximum Gasteiger partial charge on any atom is 0.278 e. The molecule has 0 bridgehead atoms. The first-order valence-corrected chi connectivity index (χ1v) is 10.7. The largest absolute Gasteiger partial charge is 0.494 e. The molecule has 2 aromatic carbocycles. The van der Waals surface area contributed by atoms with Gasteiger partial charge in [-0.25, -0.2) is 0 Å². The monoisotopic (exact) mass is 442 g/mol. The Bertz CT molecular complexity index is 986. The quantitative estimate of drug-likeness (QED) is 0.428. The molecule has 0 aromatic heterocycles. The summed E-state index contributed by atoms with van der Waals surface area (Å²) in [7, 11) is 1.59. The molecule has 0 saturated heterocycles. The molecule has 31 heavy (non-hydrogen) atoms. The third-order valence-corrected chi connectivity index (χ3v) is 5.20. The first-order chi connectivity index (χ1) is 15.0. The predicted molar refractivity (Wildman–Crippen MR) is 122 cm³/mol. The van der Waals surface area contributed by atoms with Crippen LogP contribution in [0, 0.1) is 6.92 Å². The van der Waals surface area contributed by atoms with Crippen LogP contribution in [0.3, 0.4) is 0 Å². The Kier molecular flexibility index (Phi) is 7.71. The fourth-order valence-electron chi connectivity index (χ4n) is 3.37. The van der Waals surface area contributed by atoms with Crippen LogP contribution >= 0.6 is 11.6 Å². The Balaban J connectivity index is 1.97. The van der Waals surface area contributed by atoms with Gasteiger partial charge in [-0.1, -0.05) is 30.7 Å². The molecule has 1 aliphatic rings. The second-order valence-electron chi connectivity index (χ2n) is 7.32. The average Bonchev–Trinajstić information content (AvgIpc) is 2.99. The van der Waals surface area contributed by atoms with Crippen LogP contribution in [0.2, 0.25) is 5.02 Å². The van der Waals surface area contributed by atoms with E-state index in [0.717, 1.165) is 23.4 Å². The Morgan fingerprint density at radius 2 is 1.77 bits per heavy atom. The van der Waals surface area contributed by atoms with E-state index in [2.05, 4.69) is 5.32 Å². The minimum Gasteiger partial charge on any atom is -0.494 e. The number of imide groups is 1. The summed E-state index contributed by atoms with van der Waals surface area (Å²) in [5.74, 6) is 0.0530. The zero-order valence-electron chi connectivity index (χ0n) is 18.0. The number of carbonyl (C=O) groups excluding carboxylic acids is 2. The van der Waals surface area contributed by atoms with Crippen molar-refractivity contribution in [1.82, 2.24) is 4.90 Å². The zero-order chi connectivity index (χ0) is 22.4. The van der Waals surface area contributed by atoms with Crippen molar-refractivity contribution < 1.29 is 19.1 Å². The van der Waals surface area contributed by atoms with Crippen molar-refractivity contribution in [3.63, 3.8) is 0 Å². The van der Waals surface area contributed by atoms with Crippen LogP contribution in [0.5, 0.6) is 5.75 Å². The van der Waals surface area contributed by atoms with Gasteiger partial charge in [0.05, 0.1) is 12.2 Å². The van der Waals surface area contributed by atoms with Crippen molar-refractivity contribution in [2.24, 2.45) is 0 Å². The Morgan fingerprint density at radius 1 is 1.03 bits per heavy atom. The molecule has 0 unspecified atom stereocenters. The van der Waals surface area contributed by atoms with E-state index in [0.29, 0.717) is 35.8 Å². The summed E-state index contributed by atoms with van der Waals surface area (Å²) in [6.45, 7) is 5.31. The number of ether oxygens (including phenoxy) is 2. The lowest BCUT2D eigenvalue weighted by molar-refractivity contribution is -0.136. The van der Waals surface area contributed by atoms with Crippen molar-refractivity contribution in [2.45, 2.75) is 26.7 Å². The molecule has 2 aromatic rings. The van der Waals surface area contributed by atoms with Crippen molar-refractivity contribution >= 4 is 34.7 Å². The van der Waals surface area contributed by atoms with E-state index in [-0.39, 0.29) is 24.1 Å². The second kappa shape index (κ2) is 10.5. The molecule has 0 radical (unpaired) electrons. The van der Waals surface area contributed by atoms with Crippen molar-refractivity contribution in [1.29, 1.82) is 0 Å². The number of nitrogens with one attached hydrogen (secondary N) is 1. The molecular formula is C24H27ClN2O4. The fraction of sp³-hybridized carbons (Fsp3) is 0.333. The highest BCUT2D eigenvalue weighted by atomic mass is 35.5. The van der Waals surface area contributed by atoms with Gasteiger partial charge in [-0.2, -0.15) is 0 Å². The third kappa shape index (κ3) is 5.27. The molecule has 6 nitrogen and oxygen atoms in total. The number of amides is 2. The number of hydrogen-bond acceptors (Lipinski definition) is 5. The number of anilines is 1. The topological polar surface area (TPSA) is 67.9 Å². The van der Waals surface area contributed by atoms with Gasteiger partial charge < -0.3 is 14.8 Å². The number of carbonyl (C=O) groups is 2. The van der Waals surface area contributed by atoms with Crippen LogP contribution in [0.4, 0.5) is 5.69 Å². The Morgan fingerprint density at radius 3 is 2.42 bits per heavy atom. The summed E-state index contributed by atoms with van der Waals surface area (Å²) in [5, 5.41) is 3.79. The van der Waals surface area contributed by atoms with Gasteiger partial charge >= 0.3 is 0 Å². The lowest BCUT2D eigenvalue weighted by Gasteiger charge is -2.15. The van der Waals surface area contributed by atoms with Gasteiger partial charge in [0.15, 0.2) is 0 Å². The van der Waals surface area contributed by atoms with Crippen molar-refractivity contribution in [3.8, 4) is 5.75 Å². The molecule has 0 saturated carbocycles. The molecule has 0 aliphatic carbocycles. The highest BCUT2D eigenvalue weighted by Gasteiger charge is 2.39. The van der Waals surface area contributed by atoms with Gasteiger partial charge in [0.25, 0.3) is 11.8 Å². The first-order valence-electron chi connectivity index (χ1n) is 10.3. The van der Waals surface area contributed by atoms with E-state index in [1.54, 1.807) is 31.4 Å². The fourth-order valence-corrected chi connectivity index (χ4v) is 3.60. The Hall–Kier alpha value is -2.83. The smallest absolute Gasteiger partial charge is 0.278 e. The summed E-state index contributed by atoms with van der Waals surface area (Å²) in [6.07, 6.45) is 1.48. The van der Waals surface area contributed by atoms with Crippen LogP contribution in [0.15, 0.2) is 48.2 Å². The SMILES string of the molecule is CCCOc1ccc(C2=C(Nc3ccc(Cl)cc3C)C(=O)N(CCCOC)C2=O)cc1. The van der Waals surface area contributed by atoms with Gasteiger partial charge in [0.1, 0.15) is 11.4 Å². The normalized spacial score (nSPS) is 13.9. The average molecular weight is 443 g/mol. The highest BCUT2D eigenvalue weighted by Crippen LogP contribution is 2.32. The highest BCUT2D eigenvalue weighted by molar-refractivity contribution is 6.36. The van der Waals surface area contributed by atoms with E-state index in [1.165, 1.54) is 4.90 Å². The second-order valence-corrected chi connectivity index (χ2v) is 7.75. The number of benzene rings is 2. The van der Waals surface area contributed by atoms with Gasteiger partial charge in [0.2, 0.25) is 0 Å². The summed E-state index contributed by atoms with van der Waals surface area (Å²) in [4.78, 5) is 27.7. The molecule has 164 valence electrons. The Labute approximate surface area is 187 Å². The third-order valence-electron chi connectivity index (χ3n) is 4.96. The number of rotatable bonds is 10. The number of hydrogen-bond donors (Lipinski definition) is 1. The van der Waals surface area contributed by atoms with E-state index >= 15 is 0 Å². The molecule has 0 fully saturated rings. The predicted octanol–water partition coefficient (Wildman–Crippen LogP) is 4.67. The van der Waals surface area contributed by atoms with Crippen LogP contribution in [0.25, 0.3) is 5.57 Å². The lowest BCUT2D eigenvalue weighted by Crippen LogP contribution is -2.34.